The highest BCUT2D eigenvalue weighted by molar-refractivity contribution is 6.14. The van der Waals surface area contributed by atoms with Crippen molar-refractivity contribution in [3.63, 3.8) is 0 Å². The van der Waals surface area contributed by atoms with Crippen molar-refractivity contribution in [2.24, 2.45) is 0 Å². The van der Waals surface area contributed by atoms with Crippen LogP contribution in [0.25, 0.3) is 99.6 Å². The first kappa shape index (κ1) is 39.6. The highest BCUT2D eigenvalue weighted by Crippen LogP contribution is 2.46. The summed E-state index contributed by atoms with van der Waals surface area (Å²) >= 11 is 0. The maximum atomic E-state index is 2.51. The lowest BCUT2D eigenvalue weighted by Gasteiger charge is -2.29. The molecule has 320 valence electrons. The Bertz CT molecular complexity index is 3900. The van der Waals surface area contributed by atoms with Crippen LogP contribution in [0.1, 0.15) is 17.5 Å². The van der Waals surface area contributed by atoms with E-state index in [-0.39, 0.29) is 0 Å². The molecule has 0 amide bonds. The maximum absolute atomic E-state index is 2.51. The molecule has 13 rings (SSSR count). The van der Waals surface area contributed by atoms with Crippen LogP contribution in [-0.2, 0) is 6.42 Å². The number of fused-ring (bicyclic) bond motifs is 8. The van der Waals surface area contributed by atoms with Crippen molar-refractivity contribution < 1.29 is 0 Å². The van der Waals surface area contributed by atoms with Crippen LogP contribution in [0.4, 0.5) is 17.1 Å². The van der Waals surface area contributed by atoms with Gasteiger partial charge in [-0.2, -0.15) is 0 Å². The van der Waals surface area contributed by atoms with E-state index in [0.29, 0.717) is 0 Å². The van der Waals surface area contributed by atoms with Gasteiger partial charge in [0, 0.05) is 38.8 Å². The number of para-hydroxylation sites is 2. The van der Waals surface area contributed by atoms with Crippen molar-refractivity contribution in [3.8, 4) is 50.2 Å². The SMILES string of the molecule is C1=Cc2c(ccc3c4ccccc4n(-c4ccccc4-c4ccc(N(c5cccc(-c6cc7ccccc7c7ccccc67)c5)c5cc(-c6ccccc6)ccc5-c5ccccc5)cc4)c23)CC1. The Morgan fingerprint density at radius 2 is 1.03 bits per heavy atom. The molecule has 0 saturated carbocycles. The van der Waals surface area contributed by atoms with E-state index in [1.54, 1.807) is 0 Å². The highest BCUT2D eigenvalue weighted by Gasteiger charge is 2.23. The van der Waals surface area contributed by atoms with Gasteiger partial charge in [0.2, 0.25) is 0 Å². The van der Waals surface area contributed by atoms with Crippen LogP contribution in [0, 0.1) is 0 Å². The summed E-state index contributed by atoms with van der Waals surface area (Å²) in [4.78, 5) is 2.46. The lowest BCUT2D eigenvalue weighted by Crippen LogP contribution is -2.11. The van der Waals surface area contributed by atoms with E-state index in [1.165, 1.54) is 82.4 Å². The van der Waals surface area contributed by atoms with Crippen LogP contribution < -0.4 is 4.90 Å². The van der Waals surface area contributed by atoms with Crippen LogP contribution in [0.5, 0.6) is 0 Å². The third kappa shape index (κ3) is 6.72. The number of aryl methyl sites for hydroxylation is 1. The van der Waals surface area contributed by atoms with Gasteiger partial charge in [0.25, 0.3) is 0 Å². The quantitative estimate of drug-likeness (QED) is 0.138. The molecule has 68 heavy (non-hydrogen) atoms. The van der Waals surface area contributed by atoms with Gasteiger partial charge in [0.1, 0.15) is 0 Å². The van der Waals surface area contributed by atoms with Crippen molar-refractivity contribution in [2.45, 2.75) is 12.8 Å². The third-order valence-corrected chi connectivity index (χ3v) is 14.0. The number of allylic oxidation sites excluding steroid dienone is 1. The average Bonchev–Trinajstić information content (AvgIpc) is 3.76. The normalized spacial score (nSPS) is 12.2. The lowest BCUT2D eigenvalue weighted by molar-refractivity contribution is 0.986. The van der Waals surface area contributed by atoms with Crippen molar-refractivity contribution >= 4 is 66.5 Å². The zero-order valence-electron chi connectivity index (χ0n) is 37.6. The minimum Gasteiger partial charge on any atom is -0.310 e. The average molecular weight is 867 g/mol. The molecule has 0 fully saturated rings. The maximum Gasteiger partial charge on any atom is 0.0616 e. The summed E-state index contributed by atoms with van der Waals surface area (Å²) in [6, 6.07) is 89.2. The van der Waals surface area contributed by atoms with E-state index in [4.69, 9.17) is 0 Å². The molecule has 0 radical (unpaired) electrons. The standard InChI is InChI=1S/C66H46N2/c1-3-18-45(19-4-1)49-37-40-56(46-20-5-2-6-21-46)65(44-49)67(53-25-17-24-50(42-53)62-43-51-23-8-9-26-54(51)58-29-11-12-30-59(58)62)52-38-34-48(35-39-52)55-27-13-15-32-63(55)68-64-33-16-14-31-60(64)61-41-36-47-22-7-10-28-57(47)66(61)68/h1-6,8-21,23-44H,7,22H2. The predicted octanol–water partition coefficient (Wildman–Crippen LogP) is 18.2. The van der Waals surface area contributed by atoms with E-state index >= 15 is 0 Å². The van der Waals surface area contributed by atoms with Crippen LogP contribution in [0.3, 0.4) is 0 Å². The molecule has 1 aliphatic carbocycles. The molecule has 0 N–H and O–H groups in total. The van der Waals surface area contributed by atoms with E-state index in [9.17, 15) is 0 Å². The highest BCUT2D eigenvalue weighted by atomic mass is 15.1. The molecule has 1 aliphatic rings. The Hall–Kier alpha value is -8.72. The fourth-order valence-electron chi connectivity index (χ4n) is 10.8. The van der Waals surface area contributed by atoms with Crippen molar-refractivity contribution in [2.75, 3.05) is 4.90 Å². The molecule has 11 aromatic carbocycles. The number of hydrogen-bond donors (Lipinski definition) is 0. The molecule has 1 heterocycles. The van der Waals surface area contributed by atoms with Gasteiger partial charge < -0.3 is 9.47 Å². The minimum absolute atomic E-state index is 1.06. The molecule has 0 bridgehead atoms. The van der Waals surface area contributed by atoms with E-state index in [0.717, 1.165) is 52.2 Å². The summed E-state index contributed by atoms with van der Waals surface area (Å²) in [6.07, 6.45) is 6.81. The van der Waals surface area contributed by atoms with Gasteiger partial charge in [0.15, 0.2) is 0 Å². The first-order valence-corrected chi connectivity index (χ1v) is 23.7. The number of hydrogen-bond acceptors (Lipinski definition) is 1. The third-order valence-electron chi connectivity index (χ3n) is 14.0. The molecule has 0 saturated heterocycles. The molecular formula is C66H46N2. The van der Waals surface area contributed by atoms with E-state index in [2.05, 4.69) is 264 Å². The summed E-state index contributed by atoms with van der Waals surface area (Å²) < 4.78 is 2.51. The molecule has 2 heteroatoms. The van der Waals surface area contributed by atoms with Crippen molar-refractivity contribution in [3.05, 3.63) is 260 Å². The second-order valence-electron chi connectivity index (χ2n) is 17.9. The number of aromatic nitrogens is 1. The molecule has 12 aromatic rings. The Labute approximate surface area is 397 Å². The van der Waals surface area contributed by atoms with Gasteiger partial charge in [-0.05, 0) is 122 Å². The fraction of sp³-hybridized carbons (Fsp3) is 0.0303. The monoisotopic (exact) mass is 866 g/mol. The second-order valence-corrected chi connectivity index (χ2v) is 17.9. The number of nitrogens with zero attached hydrogens (tertiary/aromatic N) is 2. The van der Waals surface area contributed by atoms with Gasteiger partial charge in [-0.15, -0.1) is 0 Å². The second kappa shape index (κ2) is 16.6. The number of anilines is 3. The van der Waals surface area contributed by atoms with Gasteiger partial charge in [-0.1, -0.05) is 206 Å². The first-order chi connectivity index (χ1) is 33.7. The zero-order chi connectivity index (χ0) is 45.0. The molecule has 0 spiro atoms. The molecule has 0 unspecified atom stereocenters. The summed E-state index contributed by atoms with van der Waals surface area (Å²) in [5, 5.41) is 7.57. The van der Waals surface area contributed by atoms with E-state index < -0.39 is 0 Å². The molecule has 0 atom stereocenters. The summed E-state index contributed by atoms with van der Waals surface area (Å²) in [7, 11) is 0. The van der Waals surface area contributed by atoms with Crippen LogP contribution in [0.15, 0.2) is 249 Å². The Morgan fingerprint density at radius 3 is 1.87 bits per heavy atom. The Balaban J connectivity index is 1.01. The van der Waals surface area contributed by atoms with Crippen LogP contribution in [0.2, 0.25) is 0 Å². The van der Waals surface area contributed by atoms with Crippen molar-refractivity contribution in [1.82, 2.24) is 4.57 Å². The molecule has 1 aromatic heterocycles. The van der Waals surface area contributed by atoms with Crippen LogP contribution in [-0.4, -0.2) is 4.57 Å². The summed E-state index contributed by atoms with van der Waals surface area (Å²) in [5.74, 6) is 0. The molecule has 0 aliphatic heterocycles. The van der Waals surface area contributed by atoms with Gasteiger partial charge in [-0.3, -0.25) is 0 Å². The van der Waals surface area contributed by atoms with Gasteiger partial charge in [0.05, 0.1) is 22.4 Å². The lowest BCUT2D eigenvalue weighted by atomic mass is 9.92. The minimum atomic E-state index is 1.06. The van der Waals surface area contributed by atoms with Crippen molar-refractivity contribution in [1.29, 1.82) is 0 Å². The summed E-state index contributed by atoms with van der Waals surface area (Å²) in [5.41, 5.74) is 19.1. The smallest absolute Gasteiger partial charge is 0.0616 e. The fourth-order valence-corrected chi connectivity index (χ4v) is 10.8. The van der Waals surface area contributed by atoms with Gasteiger partial charge in [-0.25, -0.2) is 0 Å². The van der Waals surface area contributed by atoms with E-state index in [1.807, 2.05) is 0 Å². The largest absolute Gasteiger partial charge is 0.310 e. The molecular weight excluding hydrogens is 821 g/mol. The van der Waals surface area contributed by atoms with Crippen LogP contribution >= 0.6 is 0 Å². The predicted molar refractivity (Wildman–Crippen MR) is 290 cm³/mol. The number of benzene rings is 11. The molecule has 2 nitrogen and oxygen atoms in total. The Kier molecular flexibility index (Phi) is 9.68. The zero-order valence-corrected chi connectivity index (χ0v) is 37.6. The Morgan fingerprint density at radius 1 is 0.368 bits per heavy atom. The summed E-state index contributed by atoms with van der Waals surface area (Å²) in [6.45, 7) is 0. The number of rotatable bonds is 8. The topological polar surface area (TPSA) is 8.17 Å². The first-order valence-electron chi connectivity index (χ1n) is 23.7. The van der Waals surface area contributed by atoms with Gasteiger partial charge >= 0.3 is 0 Å².